The maximum absolute atomic E-state index is 12.4. The third-order valence-electron chi connectivity index (χ3n) is 6.99. The summed E-state index contributed by atoms with van der Waals surface area (Å²) in [6, 6.07) is 9.91. The molecule has 0 atom stereocenters. The molecule has 0 unspecified atom stereocenters. The number of aromatic nitrogens is 3. The molecule has 0 radical (unpaired) electrons. The summed E-state index contributed by atoms with van der Waals surface area (Å²) in [5.41, 5.74) is 4.80. The SMILES string of the molecule is CCc1cc2ncc(CN3CCN(c4ccc(C(=O)N[C@H]5C[C@@H](C#N)C5)nc4)CC3)cc2[nH]c1=O. The van der Waals surface area contributed by atoms with E-state index in [0.717, 1.165) is 73.4 Å². The van der Waals surface area contributed by atoms with Crippen LogP contribution in [0.3, 0.4) is 0 Å². The number of carbonyl (C=O) groups is 1. The van der Waals surface area contributed by atoms with Gasteiger partial charge in [-0.25, -0.2) is 4.98 Å². The standard InChI is InChI=1S/C26H29N7O2/c1-2-19-12-23-24(31-25(19)34)11-18(14-28-23)16-32-5-7-33(8-6-32)21-3-4-22(29-15-21)26(35)30-20-9-17(10-20)13-27/h3-4,11-12,14-15,17,20H,2,5-10,16H2,1H3,(H,30,35)(H,31,34)/t17-,20+. The van der Waals surface area contributed by atoms with Crippen molar-refractivity contribution < 1.29 is 4.79 Å². The average Bonchev–Trinajstić information content (AvgIpc) is 2.86. The summed E-state index contributed by atoms with van der Waals surface area (Å²) in [4.78, 5) is 41.1. The lowest BCUT2D eigenvalue weighted by Crippen LogP contribution is -2.46. The lowest BCUT2D eigenvalue weighted by Gasteiger charge is -2.36. The Balaban J connectivity index is 1.14. The van der Waals surface area contributed by atoms with E-state index in [-0.39, 0.29) is 23.4 Å². The number of pyridine rings is 3. The number of nitrogens with zero attached hydrogens (tertiary/aromatic N) is 5. The highest BCUT2D eigenvalue weighted by Crippen LogP contribution is 2.26. The number of anilines is 1. The molecule has 4 heterocycles. The van der Waals surface area contributed by atoms with Crippen molar-refractivity contribution in [2.45, 2.75) is 38.8 Å². The molecule has 3 aromatic rings. The molecule has 1 aliphatic heterocycles. The van der Waals surface area contributed by atoms with Crippen LogP contribution in [0.4, 0.5) is 5.69 Å². The quantitative estimate of drug-likeness (QED) is 0.566. The Hall–Kier alpha value is -3.77. The molecule has 1 aliphatic carbocycles. The molecule has 5 rings (SSSR count). The second kappa shape index (κ2) is 9.84. The number of H-pyrrole nitrogens is 1. The van der Waals surface area contributed by atoms with Crippen LogP contribution in [-0.2, 0) is 13.0 Å². The molecule has 2 aliphatic rings. The van der Waals surface area contributed by atoms with E-state index in [1.54, 1.807) is 12.3 Å². The predicted molar refractivity (Wildman–Crippen MR) is 133 cm³/mol. The largest absolute Gasteiger partial charge is 0.368 e. The van der Waals surface area contributed by atoms with Gasteiger partial charge < -0.3 is 15.2 Å². The van der Waals surface area contributed by atoms with E-state index < -0.39 is 0 Å². The summed E-state index contributed by atoms with van der Waals surface area (Å²) >= 11 is 0. The number of aryl methyl sites for hydroxylation is 1. The normalized spacial score (nSPS) is 20.3. The Morgan fingerprint density at radius 1 is 1.17 bits per heavy atom. The fraction of sp³-hybridized carbons (Fsp3) is 0.423. The van der Waals surface area contributed by atoms with E-state index in [4.69, 9.17) is 5.26 Å². The number of hydrogen-bond acceptors (Lipinski definition) is 7. The Labute approximate surface area is 203 Å². The molecule has 1 amide bonds. The molecule has 9 nitrogen and oxygen atoms in total. The van der Waals surface area contributed by atoms with Crippen LogP contribution < -0.4 is 15.8 Å². The van der Waals surface area contributed by atoms with Gasteiger partial charge in [0.25, 0.3) is 11.5 Å². The molecule has 9 heteroatoms. The van der Waals surface area contributed by atoms with Crippen LogP contribution >= 0.6 is 0 Å². The van der Waals surface area contributed by atoms with Gasteiger partial charge in [0.2, 0.25) is 0 Å². The van der Waals surface area contributed by atoms with Crippen LogP contribution in [0.2, 0.25) is 0 Å². The summed E-state index contributed by atoms with van der Waals surface area (Å²) in [5, 5.41) is 11.8. The number of amides is 1. The van der Waals surface area contributed by atoms with E-state index in [2.05, 4.69) is 36.1 Å². The summed E-state index contributed by atoms with van der Waals surface area (Å²) in [6.45, 7) is 6.26. The number of rotatable bonds is 6. The van der Waals surface area contributed by atoms with Gasteiger partial charge in [-0.1, -0.05) is 6.92 Å². The second-order valence-corrected chi connectivity index (χ2v) is 9.39. The van der Waals surface area contributed by atoms with Gasteiger partial charge in [-0.3, -0.25) is 19.5 Å². The maximum Gasteiger partial charge on any atom is 0.270 e. The monoisotopic (exact) mass is 471 g/mol. The minimum absolute atomic E-state index is 0.0413. The van der Waals surface area contributed by atoms with Crippen molar-refractivity contribution in [2.24, 2.45) is 5.92 Å². The predicted octanol–water partition coefficient (Wildman–Crippen LogP) is 2.23. The number of carbonyl (C=O) groups excluding carboxylic acids is 1. The van der Waals surface area contributed by atoms with Crippen LogP contribution in [-0.4, -0.2) is 58.0 Å². The smallest absolute Gasteiger partial charge is 0.270 e. The number of nitrogens with one attached hydrogen (secondary N) is 2. The Morgan fingerprint density at radius 2 is 1.97 bits per heavy atom. The Bertz CT molecular complexity index is 1310. The van der Waals surface area contributed by atoms with Gasteiger partial charge in [0.05, 0.1) is 34.9 Å². The van der Waals surface area contributed by atoms with Gasteiger partial charge in [-0.15, -0.1) is 0 Å². The number of hydrogen-bond donors (Lipinski definition) is 2. The van der Waals surface area contributed by atoms with Crippen LogP contribution in [0.15, 0.2) is 41.5 Å². The van der Waals surface area contributed by atoms with Crippen molar-refractivity contribution in [1.82, 2.24) is 25.2 Å². The van der Waals surface area contributed by atoms with Crippen LogP contribution in [0.25, 0.3) is 11.0 Å². The third-order valence-corrected chi connectivity index (χ3v) is 6.99. The molecule has 1 saturated carbocycles. The van der Waals surface area contributed by atoms with Gasteiger partial charge >= 0.3 is 0 Å². The van der Waals surface area contributed by atoms with Gasteiger partial charge in [0.1, 0.15) is 5.69 Å². The highest BCUT2D eigenvalue weighted by atomic mass is 16.2. The second-order valence-electron chi connectivity index (χ2n) is 9.39. The highest BCUT2D eigenvalue weighted by molar-refractivity contribution is 5.92. The molecule has 2 fully saturated rings. The molecule has 2 N–H and O–H groups in total. The number of piperazine rings is 1. The van der Waals surface area contributed by atoms with Gasteiger partial charge in [0, 0.05) is 50.5 Å². The number of aromatic amines is 1. The first-order chi connectivity index (χ1) is 17.0. The van der Waals surface area contributed by atoms with Crippen molar-refractivity contribution in [1.29, 1.82) is 5.26 Å². The number of nitriles is 1. The van der Waals surface area contributed by atoms with Gasteiger partial charge in [-0.05, 0) is 49.1 Å². The van der Waals surface area contributed by atoms with Gasteiger partial charge in [0.15, 0.2) is 0 Å². The van der Waals surface area contributed by atoms with E-state index >= 15 is 0 Å². The zero-order chi connectivity index (χ0) is 24.4. The molecule has 3 aromatic heterocycles. The fourth-order valence-electron chi connectivity index (χ4n) is 4.75. The minimum Gasteiger partial charge on any atom is -0.368 e. The zero-order valence-corrected chi connectivity index (χ0v) is 19.8. The molecule has 35 heavy (non-hydrogen) atoms. The average molecular weight is 472 g/mol. The van der Waals surface area contributed by atoms with E-state index in [1.165, 1.54) is 0 Å². The van der Waals surface area contributed by atoms with Crippen molar-refractivity contribution in [3.8, 4) is 6.07 Å². The molecular formula is C26H29N7O2. The fourth-order valence-corrected chi connectivity index (χ4v) is 4.75. The minimum atomic E-state index is -0.181. The third kappa shape index (κ3) is 5.03. The molecule has 180 valence electrons. The topological polar surface area (TPSA) is 118 Å². The van der Waals surface area contributed by atoms with E-state index in [1.807, 2.05) is 31.3 Å². The molecule has 0 bridgehead atoms. The molecule has 1 saturated heterocycles. The maximum atomic E-state index is 12.4. The zero-order valence-electron chi connectivity index (χ0n) is 19.8. The van der Waals surface area contributed by atoms with Crippen LogP contribution in [0.5, 0.6) is 0 Å². The first-order valence-corrected chi connectivity index (χ1v) is 12.2. The van der Waals surface area contributed by atoms with E-state index in [9.17, 15) is 9.59 Å². The molecule has 0 aromatic carbocycles. The van der Waals surface area contributed by atoms with Crippen LogP contribution in [0.1, 0.15) is 41.4 Å². The first-order valence-electron chi connectivity index (χ1n) is 12.2. The summed E-state index contributed by atoms with van der Waals surface area (Å²) in [6.07, 6.45) is 5.78. The lowest BCUT2D eigenvalue weighted by molar-refractivity contribution is 0.0899. The molecule has 0 spiro atoms. The van der Waals surface area contributed by atoms with Crippen molar-refractivity contribution >= 4 is 22.6 Å². The molecular weight excluding hydrogens is 442 g/mol. The summed E-state index contributed by atoms with van der Waals surface area (Å²) in [5.74, 6) is -0.121. The Kier molecular flexibility index (Phi) is 6.47. The Morgan fingerprint density at radius 3 is 2.66 bits per heavy atom. The van der Waals surface area contributed by atoms with Crippen molar-refractivity contribution in [3.05, 3.63) is 63.8 Å². The van der Waals surface area contributed by atoms with Crippen LogP contribution in [0, 0.1) is 17.2 Å². The number of fused-ring (bicyclic) bond motifs is 1. The van der Waals surface area contributed by atoms with Gasteiger partial charge in [-0.2, -0.15) is 5.26 Å². The van der Waals surface area contributed by atoms with E-state index in [0.29, 0.717) is 12.1 Å². The lowest BCUT2D eigenvalue weighted by atomic mass is 9.81. The summed E-state index contributed by atoms with van der Waals surface area (Å²) < 4.78 is 0. The highest BCUT2D eigenvalue weighted by Gasteiger charge is 2.30. The summed E-state index contributed by atoms with van der Waals surface area (Å²) in [7, 11) is 0. The van der Waals surface area contributed by atoms with Crippen molar-refractivity contribution in [2.75, 3.05) is 31.1 Å². The first kappa shape index (κ1) is 23.0. The van der Waals surface area contributed by atoms with Crippen molar-refractivity contribution in [3.63, 3.8) is 0 Å².